The van der Waals surface area contributed by atoms with Gasteiger partial charge in [0, 0.05) is 11.3 Å². The quantitative estimate of drug-likeness (QED) is 0.772. The molecule has 110 valence electrons. The van der Waals surface area contributed by atoms with Crippen molar-refractivity contribution in [3.05, 3.63) is 72.2 Å². The Balaban J connectivity index is 1.71. The first kappa shape index (κ1) is 14.1. The Morgan fingerprint density at radius 3 is 2.68 bits per heavy atom. The van der Waals surface area contributed by atoms with Gasteiger partial charge in [0.15, 0.2) is 0 Å². The normalized spacial score (nSPS) is 10.4. The highest BCUT2D eigenvalue weighted by Crippen LogP contribution is 2.21. The lowest BCUT2D eigenvalue weighted by atomic mass is 10.1. The molecule has 0 saturated heterocycles. The van der Waals surface area contributed by atoms with Gasteiger partial charge in [0.05, 0.1) is 18.3 Å². The van der Waals surface area contributed by atoms with Crippen LogP contribution in [0.4, 0.5) is 5.69 Å². The largest absolute Gasteiger partial charge is 0.342 e. The van der Waals surface area contributed by atoms with Gasteiger partial charge in [0.25, 0.3) is 0 Å². The van der Waals surface area contributed by atoms with Gasteiger partial charge in [-0.3, -0.25) is 4.79 Å². The molecule has 22 heavy (non-hydrogen) atoms. The molecule has 0 spiro atoms. The highest BCUT2D eigenvalue weighted by molar-refractivity contribution is 5.92. The fourth-order valence-corrected chi connectivity index (χ4v) is 2.32. The molecule has 1 amide bonds. The number of aromatic amines is 1. The van der Waals surface area contributed by atoms with E-state index in [1.165, 1.54) is 0 Å². The monoisotopic (exact) mass is 291 g/mol. The summed E-state index contributed by atoms with van der Waals surface area (Å²) < 4.78 is 0. The maximum Gasteiger partial charge on any atom is 0.228 e. The summed E-state index contributed by atoms with van der Waals surface area (Å²) in [4.78, 5) is 19.5. The zero-order chi connectivity index (χ0) is 15.4. The van der Waals surface area contributed by atoms with Gasteiger partial charge in [0.2, 0.25) is 5.91 Å². The third-order valence-corrected chi connectivity index (χ3v) is 3.37. The molecular formula is C18H17N3O. The predicted molar refractivity (Wildman–Crippen MR) is 87.5 cm³/mol. The van der Waals surface area contributed by atoms with Crippen LogP contribution < -0.4 is 5.32 Å². The molecule has 1 aromatic heterocycles. The molecule has 0 atom stereocenters. The number of hydrogen-bond acceptors (Lipinski definition) is 2. The molecule has 0 fully saturated rings. The van der Waals surface area contributed by atoms with Crippen molar-refractivity contribution < 1.29 is 4.79 Å². The Morgan fingerprint density at radius 1 is 1.14 bits per heavy atom. The van der Waals surface area contributed by atoms with Crippen LogP contribution >= 0.6 is 0 Å². The van der Waals surface area contributed by atoms with Crippen molar-refractivity contribution in [3.63, 3.8) is 0 Å². The van der Waals surface area contributed by atoms with Crippen molar-refractivity contribution in [2.45, 2.75) is 13.3 Å². The highest BCUT2D eigenvalue weighted by Gasteiger charge is 2.06. The van der Waals surface area contributed by atoms with E-state index in [0.29, 0.717) is 6.42 Å². The second-order valence-corrected chi connectivity index (χ2v) is 5.17. The predicted octanol–water partition coefficient (Wildman–Crippen LogP) is 3.57. The van der Waals surface area contributed by atoms with Crippen LogP contribution in [0.25, 0.3) is 11.3 Å². The van der Waals surface area contributed by atoms with E-state index in [1.54, 1.807) is 6.20 Å². The van der Waals surface area contributed by atoms with E-state index in [1.807, 2.05) is 61.5 Å². The van der Waals surface area contributed by atoms with E-state index in [-0.39, 0.29) is 5.91 Å². The molecule has 0 aliphatic rings. The number of anilines is 1. The lowest BCUT2D eigenvalue weighted by Gasteiger charge is -2.07. The number of amides is 1. The summed E-state index contributed by atoms with van der Waals surface area (Å²) in [5, 5.41) is 2.93. The molecule has 0 radical (unpaired) electrons. The third-order valence-electron chi connectivity index (χ3n) is 3.37. The van der Waals surface area contributed by atoms with Crippen molar-refractivity contribution in [2.24, 2.45) is 0 Å². The Kier molecular flexibility index (Phi) is 4.01. The Morgan fingerprint density at radius 2 is 1.95 bits per heavy atom. The smallest absolute Gasteiger partial charge is 0.228 e. The van der Waals surface area contributed by atoms with E-state index in [4.69, 9.17) is 0 Å². The van der Waals surface area contributed by atoms with Crippen molar-refractivity contribution in [1.29, 1.82) is 0 Å². The summed E-state index contributed by atoms with van der Waals surface area (Å²) in [6.07, 6.45) is 2.16. The topological polar surface area (TPSA) is 57.8 Å². The van der Waals surface area contributed by atoms with Crippen LogP contribution in [0.3, 0.4) is 0 Å². The van der Waals surface area contributed by atoms with Gasteiger partial charge < -0.3 is 10.3 Å². The van der Waals surface area contributed by atoms with Gasteiger partial charge in [-0.05, 0) is 24.6 Å². The molecule has 0 aliphatic carbocycles. The summed E-state index contributed by atoms with van der Waals surface area (Å²) in [5.74, 6) is 0.845. The summed E-state index contributed by atoms with van der Waals surface area (Å²) >= 11 is 0. The number of carbonyl (C=O) groups excluding carboxylic acids is 1. The average molecular weight is 291 g/mol. The number of nitrogens with zero attached hydrogens (tertiary/aromatic N) is 1. The summed E-state index contributed by atoms with van der Waals surface area (Å²) in [6.45, 7) is 1.91. The second-order valence-electron chi connectivity index (χ2n) is 5.17. The summed E-state index contributed by atoms with van der Waals surface area (Å²) in [6, 6.07) is 17.4. The standard InChI is InChI=1S/C18H17N3O/c1-13-19-12-17(20-13)15-8-5-9-16(11-15)21-18(22)10-14-6-3-2-4-7-14/h2-9,11-12H,10H2,1H3,(H,19,20)(H,21,22). The zero-order valence-corrected chi connectivity index (χ0v) is 12.3. The number of benzene rings is 2. The fraction of sp³-hybridized carbons (Fsp3) is 0.111. The summed E-state index contributed by atoms with van der Waals surface area (Å²) in [7, 11) is 0. The Labute approximate surface area is 129 Å². The molecule has 4 nitrogen and oxygen atoms in total. The fourth-order valence-electron chi connectivity index (χ4n) is 2.32. The number of aryl methyl sites for hydroxylation is 1. The molecule has 1 heterocycles. The van der Waals surface area contributed by atoms with E-state index >= 15 is 0 Å². The van der Waals surface area contributed by atoms with Gasteiger partial charge >= 0.3 is 0 Å². The Bertz CT molecular complexity index is 778. The molecule has 4 heteroatoms. The number of nitrogens with one attached hydrogen (secondary N) is 2. The molecule has 3 aromatic rings. The minimum Gasteiger partial charge on any atom is -0.342 e. The maximum atomic E-state index is 12.1. The lowest BCUT2D eigenvalue weighted by molar-refractivity contribution is -0.115. The molecule has 0 unspecified atom stereocenters. The first-order valence-corrected chi connectivity index (χ1v) is 7.16. The minimum atomic E-state index is -0.0239. The van der Waals surface area contributed by atoms with E-state index < -0.39 is 0 Å². The minimum absolute atomic E-state index is 0.0239. The van der Waals surface area contributed by atoms with Gasteiger partial charge in [-0.2, -0.15) is 0 Å². The van der Waals surface area contributed by atoms with Gasteiger partial charge in [-0.25, -0.2) is 4.98 Å². The van der Waals surface area contributed by atoms with Crippen LogP contribution in [-0.4, -0.2) is 15.9 Å². The van der Waals surface area contributed by atoms with Gasteiger partial charge in [-0.15, -0.1) is 0 Å². The molecule has 0 aliphatic heterocycles. The lowest BCUT2D eigenvalue weighted by Crippen LogP contribution is -2.14. The first-order chi connectivity index (χ1) is 10.7. The molecule has 0 saturated carbocycles. The number of carbonyl (C=O) groups is 1. The van der Waals surface area contributed by atoms with Crippen LogP contribution in [0, 0.1) is 6.92 Å². The average Bonchev–Trinajstić information content (AvgIpc) is 2.95. The number of aromatic nitrogens is 2. The van der Waals surface area contributed by atoms with E-state index in [0.717, 1.165) is 28.3 Å². The molecule has 3 rings (SSSR count). The molecular weight excluding hydrogens is 274 g/mol. The van der Waals surface area contributed by atoms with Crippen LogP contribution in [-0.2, 0) is 11.2 Å². The van der Waals surface area contributed by atoms with Gasteiger partial charge in [-0.1, -0.05) is 42.5 Å². The SMILES string of the molecule is Cc1ncc(-c2cccc(NC(=O)Cc3ccccc3)c2)[nH]1. The third kappa shape index (κ3) is 3.41. The van der Waals surface area contributed by atoms with Crippen LogP contribution in [0.2, 0.25) is 0 Å². The number of imidazole rings is 1. The van der Waals surface area contributed by atoms with Crippen molar-refractivity contribution in [1.82, 2.24) is 9.97 Å². The molecule has 2 N–H and O–H groups in total. The Hall–Kier alpha value is -2.88. The summed E-state index contributed by atoms with van der Waals surface area (Å²) in [5.41, 5.74) is 3.72. The van der Waals surface area contributed by atoms with Crippen molar-refractivity contribution in [3.8, 4) is 11.3 Å². The van der Waals surface area contributed by atoms with Crippen LogP contribution in [0.5, 0.6) is 0 Å². The van der Waals surface area contributed by atoms with Crippen LogP contribution in [0.15, 0.2) is 60.8 Å². The van der Waals surface area contributed by atoms with Crippen molar-refractivity contribution >= 4 is 11.6 Å². The van der Waals surface area contributed by atoms with Gasteiger partial charge in [0.1, 0.15) is 5.82 Å². The van der Waals surface area contributed by atoms with E-state index in [9.17, 15) is 4.79 Å². The molecule has 2 aromatic carbocycles. The number of hydrogen-bond donors (Lipinski definition) is 2. The number of rotatable bonds is 4. The van der Waals surface area contributed by atoms with Crippen molar-refractivity contribution in [2.75, 3.05) is 5.32 Å². The number of H-pyrrole nitrogens is 1. The van der Waals surface area contributed by atoms with Crippen LogP contribution in [0.1, 0.15) is 11.4 Å². The first-order valence-electron chi connectivity index (χ1n) is 7.16. The zero-order valence-electron chi connectivity index (χ0n) is 12.3. The molecule has 0 bridgehead atoms. The van der Waals surface area contributed by atoms with E-state index in [2.05, 4.69) is 15.3 Å². The second kappa shape index (κ2) is 6.26. The highest BCUT2D eigenvalue weighted by atomic mass is 16.1. The maximum absolute atomic E-state index is 12.1.